The highest BCUT2D eigenvalue weighted by Gasteiger charge is 2.47. The van der Waals surface area contributed by atoms with Gasteiger partial charge in [-0.05, 0) is 44.0 Å². The molecule has 2 aromatic rings. The molecule has 0 saturated carbocycles. The van der Waals surface area contributed by atoms with E-state index in [9.17, 15) is 34.6 Å². The Labute approximate surface area is 259 Å². The standard InChI is InChI=1S/C27H31BrN4O10S/c1-16(41-42-22(33)12-17-4-8-19(9-5-17)31(36)37)23-24(30-25(23)34)21(28)14-43-27(2,3)15-29-26(35)40-13-18-6-10-20(11-7-18)32(38)39/h4-11,16,21,23-24H,12-15H2,1-3H3,(H,29,35)(H,30,34)/t16?,21?,23-,24-/m1/s1. The molecule has 1 heterocycles. The molecule has 1 fully saturated rings. The molecule has 2 unspecified atom stereocenters. The molecule has 2 amide bonds. The number of amides is 2. The van der Waals surface area contributed by atoms with Crippen LogP contribution in [0.25, 0.3) is 0 Å². The average molecular weight is 684 g/mol. The van der Waals surface area contributed by atoms with E-state index < -0.39 is 38.7 Å². The molecule has 0 radical (unpaired) electrons. The Morgan fingerprint density at radius 1 is 1.05 bits per heavy atom. The topological polar surface area (TPSA) is 189 Å². The number of thioether (sulfide) groups is 1. The number of hydrogen-bond acceptors (Lipinski definition) is 11. The molecule has 4 atom stereocenters. The van der Waals surface area contributed by atoms with Crippen LogP contribution in [-0.4, -0.2) is 61.8 Å². The van der Waals surface area contributed by atoms with Gasteiger partial charge in [-0.2, -0.15) is 16.6 Å². The van der Waals surface area contributed by atoms with Gasteiger partial charge in [0.1, 0.15) is 12.7 Å². The number of non-ortho nitro benzene ring substituents is 2. The van der Waals surface area contributed by atoms with Gasteiger partial charge in [-0.25, -0.2) is 9.59 Å². The number of rotatable bonds is 15. The van der Waals surface area contributed by atoms with Crippen LogP contribution in [0.15, 0.2) is 48.5 Å². The summed E-state index contributed by atoms with van der Waals surface area (Å²) < 4.78 is 4.80. The van der Waals surface area contributed by atoms with Crippen LogP contribution in [0.5, 0.6) is 0 Å². The first kappa shape index (κ1) is 33.7. The smallest absolute Gasteiger partial charge is 0.407 e. The number of alkyl carbamates (subject to hydrolysis) is 1. The maximum atomic E-state index is 12.3. The predicted octanol–water partition coefficient (Wildman–Crippen LogP) is 4.23. The molecular weight excluding hydrogens is 652 g/mol. The third-order valence-corrected chi connectivity index (χ3v) is 9.26. The summed E-state index contributed by atoms with van der Waals surface area (Å²) in [5, 5.41) is 27.1. The van der Waals surface area contributed by atoms with Gasteiger partial charge in [-0.15, -0.1) is 0 Å². The van der Waals surface area contributed by atoms with Gasteiger partial charge in [0.25, 0.3) is 11.4 Å². The number of ether oxygens (including phenoxy) is 1. The lowest BCUT2D eigenvalue weighted by atomic mass is 9.84. The summed E-state index contributed by atoms with van der Waals surface area (Å²) in [6.07, 6.45) is -1.51. The van der Waals surface area contributed by atoms with Gasteiger partial charge < -0.3 is 15.4 Å². The van der Waals surface area contributed by atoms with E-state index in [1.165, 1.54) is 48.5 Å². The summed E-state index contributed by atoms with van der Waals surface area (Å²) in [7, 11) is 0. The number of nitro groups is 2. The molecule has 16 heteroatoms. The van der Waals surface area contributed by atoms with Crippen molar-refractivity contribution >= 4 is 57.0 Å². The second-order valence-electron chi connectivity index (χ2n) is 10.4. The average Bonchev–Trinajstić information content (AvgIpc) is 2.96. The van der Waals surface area contributed by atoms with Gasteiger partial charge in [-0.3, -0.25) is 29.9 Å². The number of carbonyl (C=O) groups is 3. The molecule has 2 aromatic carbocycles. The third kappa shape index (κ3) is 10.2. The quantitative estimate of drug-likeness (QED) is 0.0899. The number of carbonyl (C=O) groups excluding carboxylic acids is 3. The maximum Gasteiger partial charge on any atom is 0.407 e. The predicted molar refractivity (Wildman–Crippen MR) is 159 cm³/mol. The monoisotopic (exact) mass is 682 g/mol. The Bertz CT molecular complexity index is 1330. The molecule has 1 aliphatic heterocycles. The fraction of sp³-hybridized carbons (Fsp3) is 0.444. The molecule has 2 N–H and O–H groups in total. The Hall–Kier alpha value is -3.76. The van der Waals surface area contributed by atoms with Crippen molar-refractivity contribution in [3.8, 4) is 0 Å². The number of alkyl halides is 1. The number of hydrogen-bond donors (Lipinski definition) is 2. The number of nitro benzene ring substituents is 2. The van der Waals surface area contributed by atoms with E-state index in [0.717, 1.165) is 0 Å². The molecular formula is C27H31BrN4O10S. The highest BCUT2D eigenvalue weighted by Crippen LogP contribution is 2.33. The molecule has 3 rings (SSSR count). The zero-order valence-corrected chi connectivity index (χ0v) is 25.9. The van der Waals surface area contributed by atoms with E-state index in [-0.39, 0.29) is 41.2 Å². The summed E-state index contributed by atoms with van der Waals surface area (Å²) in [4.78, 5) is 67.1. The minimum atomic E-state index is -0.732. The minimum Gasteiger partial charge on any atom is -0.445 e. The maximum absolute atomic E-state index is 12.3. The van der Waals surface area contributed by atoms with E-state index in [1.54, 1.807) is 18.7 Å². The van der Waals surface area contributed by atoms with Gasteiger partial charge in [0.05, 0.1) is 28.2 Å². The van der Waals surface area contributed by atoms with Crippen molar-refractivity contribution in [1.82, 2.24) is 10.6 Å². The molecule has 0 spiro atoms. The zero-order valence-electron chi connectivity index (χ0n) is 23.5. The lowest BCUT2D eigenvalue weighted by Crippen LogP contribution is -2.66. The van der Waals surface area contributed by atoms with Crippen LogP contribution in [0.2, 0.25) is 0 Å². The first-order valence-electron chi connectivity index (χ1n) is 13.1. The van der Waals surface area contributed by atoms with Crippen molar-refractivity contribution in [1.29, 1.82) is 0 Å². The Morgan fingerprint density at radius 3 is 2.14 bits per heavy atom. The van der Waals surface area contributed by atoms with Crippen molar-refractivity contribution in [2.24, 2.45) is 5.92 Å². The van der Waals surface area contributed by atoms with E-state index in [2.05, 4.69) is 26.6 Å². The molecule has 14 nitrogen and oxygen atoms in total. The van der Waals surface area contributed by atoms with Crippen molar-refractivity contribution < 1.29 is 38.7 Å². The number of halogens is 1. The van der Waals surface area contributed by atoms with Gasteiger partial charge in [0.2, 0.25) is 5.91 Å². The number of nitrogens with zero attached hydrogens (tertiary/aromatic N) is 2. The Kier molecular flexibility index (Phi) is 11.9. The van der Waals surface area contributed by atoms with E-state index in [4.69, 9.17) is 14.5 Å². The zero-order chi connectivity index (χ0) is 31.7. The van der Waals surface area contributed by atoms with E-state index in [0.29, 0.717) is 23.4 Å². The summed E-state index contributed by atoms with van der Waals surface area (Å²) in [5.41, 5.74) is 0.988. The second kappa shape index (κ2) is 15.1. The lowest BCUT2D eigenvalue weighted by molar-refractivity contribution is -0.385. The van der Waals surface area contributed by atoms with Crippen molar-refractivity contribution in [3.63, 3.8) is 0 Å². The molecule has 232 valence electrons. The van der Waals surface area contributed by atoms with Gasteiger partial charge in [0.15, 0.2) is 0 Å². The highest BCUT2D eigenvalue weighted by atomic mass is 79.9. The van der Waals surface area contributed by atoms with Crippen LogP contribution in [0.4, 0.5) is 16.2 Å². The second-order valence-corrected chi connectivity index (χ2v) is 13.3. The summed E-state index contributed by atoms with van der Waals surface area (Å²) in [6, 6.07) is 10.9. The first-order valence-corrected chi connectivity index (χ1v) is 15.0. The minimum absolute atomic E-state index is 0.0315. The molecule has 1 aliphatic rings. The third-order valence-electron chi connectivity index (χ3n) is 6.49. The van der Waals surface area contributed by atoms with Gasteiger partial charge >= 0.3 is 12.1 Å². The van der Waals surface area contributed by atoms with E-state index >= 15 is 0 Å². The van der Waals surface area contributed by atoms with Crippen LogP contribution >= 0.6 is 27.7 Å². The van der Waals surface area contributed by atoms with Crippen LogP contribution in [0.1, 0.15) is 31.9 Å². The molecule has 0 aliphatic carbocycles. The number of benzene rings is 2. The van der Waals surface area contributed by atoms with E-state index in [1.807, 2.05) is 13.8 Å². The first-order chi connectivity index (χ1) is 20.3. The fourth-order valence-electron chi connectivity index (χ4n) is 4.02. The molecule has 0 aromatic heterocycles. The highest BCUT2D eigenvalue weighted by molar-refractivity contribution is 9.09. The molecule has 1 saturated heterocycles. The summed E-state index contributed by atoms with van der Waals surface area (Å²) in [6.45, 7) is 5.78. The Morgan fingerprint density at radius 2 is 1.60 bits per heavy atom. The van der Waals surface area contributed by atoms with Crippen LogP contribution in [0, 0.1) is 26.1 Å². The van der Waals surface area contributed by atoms with Crippen LogP contribution in [-0.2, 0) is 37.1 Å². The van der Waals surface area contributed by atoms with Crippen LogP contribution < -0.4 is 10.6 Å². The number of β-lactam (4-membered cyclic amide) rings is 1. The van der Waals surface area contributed by atoms with Gasteiger partial charge in [-0.1, -0.05) is 28.1 Å². The van der Waals surface area contributed by atoms with Crippen molar-refractivity contribution in [2.75, 3.05) is 12.3 Å². The Balaban J connectivity index is 1.38. The molecule has 0 bridgehead atoms. The van der Waals surface area contributed by atoms with Gasteiger partial charge in [0, 0.05) is 46.1 Å². The van der Waals surface area contributed by atoms with Crippen molar-refractivity contribution in [3.05, 3.63) is 79.9 Å². The SMILES string of the molecule is CC(OOC(=O)Cc1ccc([N+](=O)[O-])cc1)[C@H]1C(=O)N[C@@H]1C(Br)CSC(C)(C)CNC(=O)OCc1ccc([N+](=O)[O-])cc1. The molecule has 43 heavy (non-hydrogen) atoms. The normalized spacial score (nSPS) is 17.5. The number of nitrogens with one attached hydrogen (secondary N) is 2. The van der Waals surface area contributed by atoms with Crippen LogP contribution in [0.3, 0.4) is 0 Å². The lowest BCUT2D eigenvalue weighted by Gasteiger charge is -2.42. The fourth-order valence-corrected chi connectivity index (χ4v) is 5.87. The largest absolute Gasteiger partial charge is 0.445 e. The summed E-state index contributed by atoms with van der Waals surface area (Å²) >= 11 is 5.19. The summed E-state index contributed by atoms with van der Waals surface area (Å²) in [5.74, 6) is -0.952. The van der Waals surface area contributed by atoms with Crippen molar-refractivity contribution in [2.45, 2.75) is 55.5 Å².